The van der Waals surface area contributed by atoms with Gasteiger partial charge < -0.3 is 33.2 Å². The van der Waals surface area contributed by atoms with Crippen LogP contribution in [0.25, 0.3) is 0 Å². The Hall–Kier alpha value is -4.68. The Morgan fingerprint density at radius 1 is 0.684 bits per heavy atom. The molecule has 302 valence electrons. The number of ketones is 1. The first-order valence-corrected chi connectivity index (χ1v) is 19.6. The summed E-state index contributed by atoms with van der Waals surface area (Å²) >= 11 is 0. The Labute approximate surface area is 336 Å². The van der Waals surface area contributed by atoms with Gasteiger partial charge in [0.1, 0.15) is 47.9 Å². The molecule has 2 aliphatic rings. The van der Waals surface area contributed by atoms with E-state index in [0.29, 0.717) is 13.2 Å². The molecule has 2 fully saturated rings. The molecule has 4 aromatic carbocycles. The molecular formula is C47H55NO9. The van der Waals surface area contributed by atoms with Crippen LogP contribution < -0.4 is 0 Å². The van der Waals surface area contributed by atoms with Crippen molar-refractivity contribution in [1.29, 1.82) is 0 Å². The molecule has 1 amide bonds. The Balaban J connectivity index is 1.33. The van der Waals surface area contributed by atoms with Gasteiger partial charge in [-0.3, -0.25) is 9.69 Å². The third kappa shape index (κ3) is 11.9. The Kier molecular flexibility index (Phi) is 14.5. The predicted octanol–water partition coefficient (Wildman–Crippen LogP) is 8.22. The van der Waals surface area contributed by atoms with Crippen LogP contribution in [0.3, 0.4) is 0 Å². The minimum atomic E-state index is -1.06. The molecule has 10 heteroatoms. The first-order chi connectivity index (χ1) is 27.5. The van der Waals surface area contributed by atoms with Gasteiger partial charge in [-0.2, -0.15) is 0 Å². The number of carbonyl (C=O) groups is 2. The molecular weight excluding hydrogens is 723 g/mol. The molecule has 0 N–H and O–H groups in total. The number of rotatable bonds is 16. The van der Waals surface area contributed by atoms with Crippen molar-refractivity contribution in [2.24, 2.45) is 0 Å². The SMILES string of the molecule is CC(C)(C)OC(=O)N1[C@@H](C(=O)/C=C/[C@@H]2O[C@H](COCc3ccccc3)[C@@H](OCc3ccccc3)[C@H](OCc3ccccc3)[C@@H]2OCc2ccccc2)COC1(C)C. The van der Waals surface area contributed by atoms with Gasteiger partial charge in [-0.1, -0.05) is 121 Å². The van der Waals surface area contributed by atoms with Crippen molar-refractivity contribution in [2.45, 2.75) is 109 Å². The van der Waals surface area contributed by atoms with Crippen LogP contribution in [0.2, 0.25) is 0 Å². The molecule has 6 rings (SSSR count). The van der Waals surface area contributed by atoms with Crippen molar-refractivity contribution in [3.63, 3.8) is 0 Å². The molecule has 57 heavy (non-hydrogen) atoms. The average Bonchev–Trinajstić information content (AvgIpc) is 3.53. The van der Waals surface area contributed by atoms with Crippen molar-refractivity contribution in [3.05, 3.63) is 156 Å². The predicted molar refractivity (Wildman–Crippen MR) is 216 cm³/mol. The second-order valence-corrected chi connectivity index (χ2v) is 15.8. The number of carbonyl (C=O) groups excluding carboxylic acids is 2. The number of hydrogen-bond donors (Lipinski definition) is 0. The van der Waals surface area contributed by atoms with Gasteiger partial charge in [-0.15, -0.1) is 0 Å². The summed E-state index contributed by atoms with van der Waals surface area (Å²) in [6.45, 7) is 10.3. The molecule has 0 radical (unpaired) electrons. The van der Waals surface area contributed by atoms with Crippen LogP contribution in [0.5, 0.6) is 0 Å². The highest BCUT2D eigenvalue weighted by Gasteiger charge is 2.50. The van der Waals surface area contributed by atoms with Gasteiger partial charge in [0, 0.05) is 0 Å². The molecule has 2 heterocycles. The zero-order valence-corrected chi connectivity index (χ0v) is 33.5. The fourth-order valence-corrected chi connectivity index (χ4v) is 6.95. The van der Waals surface area contributed by atoms with Crippen LogP contribution in [0, 0.1) is 0 Å². The van der Waals surface area contributed by atoms with Gasteiger partial charge in [-0.05, 0) is 69.0 Å². The van der Waals surface area contributed by atoms with Gasteiger partial charge in [0.2, 0.25) is 0 Å². The topological polar surface area (TPSA) is 102 Å². The summed E-state index contributed by atoms with van der Waals surface area (Å²) in [4.78, 5) is 28.9. The molecule has 0 spiro atoms. The van der Waals surface area contributed by atoms with E-state index < -0.39 is 54.0 Å². The zero-order valence-electron chi connectivity index (χ0n) is 33.5. The van der Waals surface area contributed by atoms with Gasteiger partial charge in [0.25, 0.3) is 0 Å². The maximum atomic E-state index is 14.1. The van der Waals surface area contributed by atoms with Crippen LogP contribution in [0.4, 0.5) is 4.79 Å². The Morgan fingerprint density at radius 2 is 1.14 bits per heavy atom. The first-order valence-electron chi connectivity index (χ1n) is 19.6. The number of ether oxygens (including phenoxy) is 7. The zero-order chi connectivity index (χ0) is 40.3. The van der Waals surface area contributed by atoms with Crippen LogP contribution >= 0.6 is 0 Å². The second-order valence-electron chi connectivity index (χ2n) is 15.8. The normalized spacial score (nSPS) is 23.4. The van der Waals surface area contributed by atoms with Crippen LogP contribution in [-0.4, -0.2) is 77.9 Å². The van der Waals surface area contributed by atoms with Crippen LogP contribution in [0.1, 0.15) is 56.9 Å². The van der Waals surface area contributed by atoms with Gasteiger partial charge in [0.05, 0.1) is 39.6 Å². The third-order valence-corrected chi connectivity index (χ3v) is 9.77. The maximum Gasteiger partial charge on any atom is 0.413 e. The maximum absolute atomic E-state index is 14.1. The van der Waals surface area contributed by atoms with Crippen LogP contribution in [0.15, 0.2) is 133 Å². The van der Waals surface area contributed by atoms with Crippen molar-refractivity contribution in [3.8, 4) is 0 Å². The lowest BCUT2D eigenvalue weighted by molar-refractivity contribution is -0.263. The summed E-state index contributed by atoms with van der Waals surface area (Å²) < 4.78 is 45.2. The highest BCUT2D eigenvalue weighted by atomic mass is 16.6. The number of benzene rings is 4. The minimum Gasteiger partial charge on any atom is -0.444 e. The second kappa shape index (κ2) is 19.7. The van der Waals surface area contributed by atoms with Crippen LogP contribution in [-0.2, 0) is 64.4 Å². The lowest BCUT2D eigenvalue weighted by Crippen LogP contribution is -2.60. The van der Waals surface area contributed by atoms with E-state index in [1.807, 2.05) is 121 Å². The van der Waals surface area contributed by atoms with Crippen molar-refractivity contribution in [2.75, 3.05) is 13.2 Å². The molecule has 2 aliphatic heterocycles. The fourth-order valence-electron chi connectivity index (χ4n) is 6.95. The minimum absolute atomic E-state index is 0.0169. The van der Waals surface area contributed by atoms with Crippen molar-refractivity contribution >= 4 is 11.9 Å². The van der Waals surface area contributed by atoms with Crippen molar-refractivity contribution in [1.82, 2.24) is 4.90 Å². The van der Waals surface area contributed by atoms with E-state index >= 15 is 0 Å². The molecule has 0 aromatic heterocycles. The number of nitrogens with zero attached hydrogens (tertiary/aromatic N) is 1. The standard InChI is InChI=1S/C47H55NO9/c1-46(2,3)57-45(50)48-38(32-55-47(48,4)5)39(49)26-27-40-42(52-29-35-20-12-7-13-21-35)44(54-31-37-24-16-9-17-25-37)43(53-30-36-22-14-8-15-23-36)41(56-40)33-51-28-34-18-10-6-11-19-34/h6-27,38,40-44H,28-33H2,1-5H3/b27-26+/t38-,40+,41-,42-,43-,44-/m1/s1. The molecule has 0 saturated carbocycles. The Morgan fingerprint density at radius 3 is 1.63 bits per heavy atom. The van der Waals surface area contributed by atoms with Gasteiger partial charge in [0.15, 0.2) is 5.78 Å². The molecule has 0 aliphatic carbocycles. The highest BCUT2D eigenvalue weighted by Crippen LogP contribution is 2.33. The summed E-state index contributed by atoms with van der Waals surface area (Å²) in [5, 5.41) is 0. The fraction of sp³-hybridized carbons (Fsp3) is 0.404. The van der Waals surface area contributed by atoms with Gasteiger partial charge >= 0.3 is 6.09 Å². The summed E-state index contributed by atoms with van der Waals surface area (Å²) in [7, 11) is 0. The van der Waals surface area contributed by atoms with E-state index in [1.54, 1.807) is 40.7 Å². The van der Waals surface area contributed by atoms with E-state index in [-0.39, 0.29) is 32.2 Å². The summed E-state index contributed by atoms with van der Waals surface area (Å²) in [6, 6.07) is 38.8. The van der Waals surface area contributed by atoms with E-state index in [0.717, 1.165) is 22.3 Å². The number of amides is 1. The van der Waals surface area contributed by atoms with Gasteiger partial charge in [-0.25, -0.2) is 4.79 Å². The average molecular weight is 778 g/mol. The lowest BCUT2D eigenvalue weighted by atomic mass is 9.93. The molecule has 0 bridgehead atoms. The number of hydrogen-bond acceptors (Lipinski definition) is 9. The molecule has 0 unspecified atom stereocenters. The summed E-state index contributed by atoms with van der Waals surface area (Å²) in [6.07, 6.45) is -0.867. The Bertz CT molecular complexity index is 1860. The van der Waals surface area contributed by atoms with E-state index in [1.165, 1.54) is 11.0 Å². The lowest BCUT2D eigenvalue weighted by Gasteiger charge is -2.45. The molecule has 4 aromatic rings. The smallest absolute Gasteiger partial charge is 0.413 e. The summed E-state index contributed by atoms with van der Waals surface area (Å²) in [5.74, 6) is -0.335. The molecule has 6 atom stereocenters. The largest absolute Gasteiger partial charge is 0.444 e. The molecule has 2 saturated heterocycles. The monoisotopic (exact) mass is 777 g/mol. The highest BCUT2D eigenvalue weighted by molar-refractivity contribution is 5.97. The summed E-state index contributed by atoms with van der Waals surface area (Å²) in [5.41, 5.74) is 2.15. The quantitative estimate of drug-likeness (QED) is 0.104. The first kappa shape index (κ1) is 41.9. The van der Waals surface area contributed by atoms with E-state index in [4.69, 9.17) is 33.2 Å². The van der Waals surface area contributed by atoms with E-state index in [2.05, 4.69) is 0 Å². The third-order valence-electron chi connectivity index (χ3n) is 9.77. The van der Waals surface area contributed by atoms with E-state index in [9.17, 15) is 9.59 Å². The molecule has 10 nitrogen and oxygen atoms in total. The van der Waals surface area contributed by atoms with Crippen molar-refractivity contribution < 1.29 is 42.7 Å².